The number of aromatic nitrogens is 3. The lowest BCUT2D eigenvalue weighted by atomic mass is 10.2. The quantitative estimate of drug-likeness (QED) is 0.612. The Balaban J connectivity index is 1.73. The lowest BCUT2D eigenvalue weighted by Gasteiger charge is -2.10. The Kier molecular flexibility index (Phi) is 5.60. The van der Waals surface area contributed by atoms with Gasteiger partial charge in [0.05, 0.1) is 10.7 Å². The predicted octanol–water partition coefficient (Wildman–Crippen LogP) is 2.96. The molecule has 8 nitrogen and oxygen atoms in total. The van der Waals surface area contributed by atoms with E-state index in [9.17, 15) is 9.59 Å². The molecule has 3 aromatic rings. The van der Waals surface area contributed by atoms with Crippen molar-refractivity contribution in [1.82, 2.24) is 20.1 Å². The molecule has 0 bridgehead atoms. The molecule has 3 rings (SSSR count). The summed E-state index contributed by atoms with van der Waals surface area (Å²) in [6, 6.07) is 11.6. The van der Waals surface area contributed by atoms with Gasteiger partial charge in [-0.2, -0.15) is 5.10 Å². The molecule has 0 aliphatic heterocycles. The van der Waals surface area contributed by atoms with Crippen LogP contribution in [-0.2, 0) is 6.54 Å². The Bertz CT molecular complexity index is 1030. The number of amides is 3. The largest absolute Gasteiger partial charge is 0.351 e. The Hall–Kier alpha value is -3.39. The molecule has 0 radical (unpaired) electrons. The van der Waals surface area contributed by atoms with E-state index in [1.165, 1.54) is 0 Å². The van der Waals surface area contributed by atoms with Crippen LogP contribution >= 0.6 is 11.6 Å². The molecule has 0 fully saturated rings. The van der Waals surface area contributed by atoms with Crippen LogP contribution in [0.2, 0.25) is 5.02 Å². The van der Waals surface area contributed by atoms with Gasteiger partial charge in [0.15, 0.2) is 5.82 Å². The number of anilines is 1. The van der Waals surface area contributed by atoms with Crippen molar-refractivity contribution in [3.63, 3.8) is 0 Å². The van der Waals surface area contributed by atoms with E-state index in [4.69, 9.17) is 17.3 Å². The zero-order chi connectivity index (χ0) is 20.3. The lowest BCUT2D eigenvalue weighted by molar-refractivity contribution is 0.0946. The minimum Gasteiger partial charge on any atom is -0.351 e. The van der Waals surface area contributed by atoms with Crippen LogP contribution in [0, 0.1) is 13.8 Å². The molecule has 0 saturated carbocycles. The number of primary amides is 1. The normalized spacial score (nSPS) is 10.5. The molecule has 1 aromatic carbocycles. The van der Waals surface area contributed by atoms with Crippen LogP contribution in [0.3, 0.4) is 0 Å². The fourth-order valence-corrected chi connectivity index (χ4v) is 2.88. The summed E-state index contributed by atoms with van der Waals surface area (Å²) >= 11 is 6.17. The summed E-state index contributed by atoms with van der Waals surface area (Å²) in [5.41, 5.74) is 8.37. The van der Waals surface area contributed by atoms with Crippen molar-refractivity contribution in [1.29, 1.82) is 0 Å². The Morgan fingerprint density at radius 3 is 2.46 bits per heavy atom. The fourth-order valence-electron chi connectivity index (χ4n) is 2.68. The van der Waals surface area contributed by atoms with Crippen molar-refractivity contribution in [3.8, 4) is 5.82 Å². The third-order valence-corrected chi connectivity index (χ3v) is 4.25. The smallest absolute Gasteiger partial charge is 0.316 e. The number of nitrogens with two attached hydrogens (primary N) is 1. The molecule has 0 spiro atoms. The van der Waals surface area contributed by atoms with Crippen LogP contribution in [0.15, 0.2) is 42.5 Å². The average Bonchev–Trinajstić information content (AvgIpc) is 2.99. The highest BCUT2D eigenvalue weighted by atomic mass is 35.5. The topological polar surface area (TPSA) is 115 Å². The van der Waals surface area contributed by atoms with E-state index in [0.717, 1.165) is 17.0 Å². The lowest BCUT2D eigenvalue weighted by Crippen LogP contribution is -2.25. The minimum absolute atomic E-state index is 0.124. The van der Waals surface area contributed by atoms with Gasteiger partial charge in [0.2, 0.25) is 0 Å². The van der Waals surface area contributed by atoms with Gasteiger partial charge in [-0.25, -0.2) is 14.5 Å². The van der Waals surface area contributed by atoms with Crippen molar-refractivity contribution in [2.24, 2.45) is 5.73 Å². The van der Waals surface area contributed by atoms with Crippen LogP contribution in [0.5, 0.6) is 0 Å². The molecule has 28 heavy (non-hydrogen) atoms. The van der Waals surface area contributed by atoms with Gasteiger partial charge in [-0.3, -0.25) is 4.79 Å². The zero-order valence-electron chi connectivity index (χ0n) is 15.4. The van der Waals surface area contributed by atoms with Gasteiger partial charge in [0.1, 0.15) is 5.69 Å². The highest BCUT2D eigenvalue weighted by Gasteiger charge is 2.15. The molecule has 9 heteroatoms. The van der Waals surface area contributed by atoms with E-state index in [0.29, 0.717) is 11.5 Å². The van der Waals surface area contributed by atoms with Crippen LogP contribution in [0.25, 0.3) is 5.82 Å². The first kappa shape index (κ1) is 19.4. The Labute approximate surface area is 166 Å². The predicted molar refractivity (Wildman–Crippen MR) is 107 cm³/mol. The maximum Gasteiger partial charge on any atom is 0.316 e. The molecule has 0 atom stereocenters. The van der Waals surface area contributed by atoms with Crippen LogP contribution in [0.4, 0.5) is 10.5 Å². The number of nitrogens with one attached hydrogen (secondary N) is 2. The number of aryl methyl sites for hydroxylation is 2. The minimum atomic E-state index is -0.635. The SMILES string of the molecule is Cc1cc(C)n(-c2ccc(Cl)c(C(=O)NCc3ccc(NC(N)=O)cc3)n2)n1. The molecule has 0 aliphatic carbocycles. The number of pyridine rings is 1. The third-order valence-electron chi connectivity index (χ3n) is 3.95. The van der Waals surface area contributed by atoms with E-state index in [-0.39, 0.29) is 17.3 Å². The van der Waals surface area contributed by atoms with Crippen molar-refractivity contribution in [3.05, 3.63) is 70.1 Å². The zero-order valence-corrected chi connectivity index (χ0v) is 16.1. The van der Waals surface area contributed by atoms with E-state index < -0.39 is 11.9 Å². The second-order valence-corrected chi connectivity index (χ2v) is 6.61. The van der Waals surface area contributed by atoms with Crippen LogP contribution < -0.4 is 16.4 Å². The molecule has 3 amide bonds. The van der Waals surface area contributed by atoms with Gasteiger partial charge in [-0.1, -0.05) is 23.7 Å². The molecule has 0 unspecified atom stereocenters. The molecule has 4 N–H and O–H groups in total. The van der Waals surface area contributed by atoms with E-state index in [1.807, 2.05) is 19.9 Å². The number of benzene rings is 1. The Morgan fingerprint density at radius 2 is 1.86 bits per heavy atom. The van der Waals surface area contributed by atoms with Gasteiger partial charge in [-0.05, 0) is 49.7 Å². The molecular weight excluding hydrogens is 380 g/mol. The van der Waals surface area contributed by atoms with Crippen LogP contribution in [0.1, 0.15) is 27.4 Å². The molecule has 0 saturated heterocycles. The van der Waals surface area contributed by atoms with E-state index >= 15 is 0 Å². The maximum atomic E-state index is 12.6. The number of carbonyl (C=O) groups is 2. The molecule has 144 valence electrons. The number of hydrogen-bond donors (Lipinski definition) is 3. The summed E-state index contributed by atoms with van der Waals surface area (Å²) in [7, 11) is 0. The number of nitrogens with zero attached hydrogens (tertiary/aromatic N) is 3. The van der Waals surface area contributed by atoms with Crippen LogP contribution in [-0.4, -0.2) is 26.7 Å². The summed E-state index contributed by atoms with van der Waals surface area (Å²) in [5, 5.41) is 9.89. The number of hydrogen-bond acceptors (Lipinski definition) is 4. The van der Waals surface area contributed by atoms with Gasteiger partial charge in [0, 0.05) is 17.9 Å². The molecule has 2 heterocycles. The first-order valence-corrected chi connectivity index (χ1v) is 8.85. The van der Waals surface area contributed by atoms with Gasteiger partial charge < -0.3 is 16.4 Å². The summed E-state index contributed by atoms with van der Waals surface area (Å²) in [6.45, 7) is 4.07. The standard InChI is InChI=1S/C19H19ClN6O2/c1-11-9-12(2)26(25-11)16-8-7-15(20)17(24-16)18(27)22-10-13-3-5-14(6-4-13)23-19(21)28/h3-9H,10H2,1-2H3,(H,22,27)(H3,21,23,28). The number of urea groups is 1. The third kappa shape index (κ3) is 4.47. The van der Waals surface area contributed by atoms with Gasteiger partial charge in [-0.15, -0.1) is 0 Å². The second-order valence-electron chi connectivity index (χ2n) is 6.21. The maximum absolute atomic E-state index is 12.6. The number of rotatable bonds is 5. The summed E-state index contributed by atoms with van der Waals surface area (Å²) in [6.07, 6.45) is 0. The molecule has 0 aliphatic rings. The summed E-state index contributed by atoms with van der Waals surface area (Å²) < 4.78 is 1.66. The number of carbonyl (C=O) groups excluding carboxylic acids is 2. The summed E-state index contributed by atoms with van der Waals surface area (Å²) in [5.74, 6) is 0.120. The highest BCUT2D eigenvalue weighted by molar-refractivity contribution is 6.33. The van der Waals surface area contributed by atoms with Crippen molar-refractivity contribution < 1.29 is 9.59 Å². The second kappa shape index (κ2) is 8.10. The monoisotopic (exact) mass is 398 g/mol. The Morgan fingerprint density at radius 1 is 1.14 bits per heavy atom. The van der Waals surface area contributed by atoms with Crippen molar-refractivity contribution >= 4 is 29.2 Å². The highest BCUT2D eigenvalue weighted by Crippen LogP contribution is 2.18. The molecule has 2 aromatic heterocycles. The van der Waals surface area contributed by atoms with Gasteiger partial charge in [0.25, 0.3) is 5.91 Å². The van der Waals surface area contributed by atoms with E-state index in [2.05, 4.69) is 20.7 Å². The van der Waals surface area contributed by atoms with Crippen molar-refractivity contribution in [2.75, 3.05) is 5.32 Å². The fraction of sp³-hybridized carbons (Fsp3) is 0.158. The first-order valence-electron chi connectivity index (χ1n) is 8.47. The van der Waals surface area contributed by atoms with Crippen molar-refractivity contribution in [2.45, 2.75) is 20.4 Å². The average molecular weight is 399 g/mol. The summed E-state index contributed by atoms with van der Waals surface area (Å²) in [4.78, 5) is 27.8. The van der Waals surface area contributed by atoms with E-state index in [1.54, 1.807) is 41.1 Å². The first-order chi connectivity index (χ1) is 13.3. The molecular formula is C19H19ClN6O2. The van der Waals surface area contributed by atoms with Gasteiger partial charge >= 0.3 is 6.03 Å². The number of halogens is 1.